The first-order valence-corrected chi connectivity index (χ1v) is 11.3. The van der Waals surface area contributed by atoms with E-state index in [0.717, 1.165) is 35.1 Å². The van der Waals surface area contributed by atoms with Gasteiger partial charge in [-0.1, -0.05) is 121 Å². The van der Waals surface area contributed by atoms with Crippen LogP contribution in [0.2, 0.25) is 0 Å². The maximum Gasteiger partial charge on any atom is 0.118 e. The van der Waals surface area contributed by atoms with Gasteiger partial charge in [0.1, 0.15) is 11.2 Å². The molecule has 2 atom stereocenters. The molecule has 1 aliphatic rings. The topological polar surface area (TPSA) is 40.5 Å². The van der Waals surface area contributed by atoms with Crippen molar-refractivity contribution >= 4 is 0 Å². The average molecular weight is 421 g/mol. The minimum absolute atomic E-state index is 0.141. The number of hydrogen-bond acceptors (Lipinski definition) is 2. The summed E-state index contributed by atoms with van der Waals surface area (Å²) >= 11 is 0. The number of aliphatic hydroxyl groups is 2. The number of rotatable bonds is 6. The van der Waals surface area contributed by atoms with E-state index in [4.69, 9.17) is 0 Å². The van der Waals surface area contributed by atoms with E-state index < -0.39 is 11.2 Å². The molecule has 5 rings (SSSR count). The highest BCUT2D eigenvalue weighted by Gasteiger charge is 2.56. The molecule has 4 aromatic rings. The molecule has 0 bridgehead atoms. The second-order valence-corrected chi connectivity index (χ2v) is 8.79. The fourth-order valence-electron chi connectivity index (χ4n) is 5.46. The Morgan fingerprint density at radius 2 is 0.625 bits per heavy atom. The van der Waals surface area contributed by atoms with Crippen LogP contribution in [0.3, 0.4) is 0 Å². The molecule has 0 aliphatic heterocycles. The summed E-state index contributed by atoms with van der Waals surface area (Å²) in [6, 6.07) is 39.6. The summed E-state index contributed by atoms with van der Waals surface area (Å²) in [6.07, 6.45) is 1.68. The SMILES string of the molecule is OC(c1ccccc1)(c1ccccc1)[C@H]1CC[C@@H]1C(O)(c1ccccc1)c1ccccc1. The first kappa shape index (κ1) is 20.7. The third-order valence-corrected chi connectivity index (χ3v) is 7.20. The highest BCUT2D eigenvalue weighted by Crippen LogP contribution is 2.57. The molecule has 0 unspecified atom stereocenters. The maximum absolute atomic E-state index is 12.4. The smallest absolute Gasteiger partial charge is 0.118 e. The summed E-state index contributed by atoms with van der Waals surface area (Å²) in [6.45, 7) is 0. The van der Waals surface area contributed by atoms with Gasteiger partial charge < -0.3 is 10.2 Å². The maximum atomic E-state index is 12.4. The Hall–Kier alpha value is -3.20. The van der Waals surface area contributed by atoms with Gasteiger partial charge in [0.15, 0.2) is 0 Å². The van der Waals surface area contributed by atoms with E-state index in [0.29, 0.717) is 0 Å². The zero-order valence-electron chi connectivity index (χ0n) is 18.0. The van der Waals surface area contributed by atoms with Crippen molar-refractivity contribution in [1.29, 1.82) is 0 Å². The summed E-state index contributed by atoms with van der Waals surface area (Å²) in [5, 5.41) is 24.8. The Morgan fingerprint density at radius 3 is 0.812 bits per heavy atom. The molecule has 0 radical (unpaired) electrons. The van der Waals surface area contributed by atoms with Crippen molar-refractivity contribution in [2.45, 2.75) is 24.0 Å². The zero-order valence-corrected chi connectivity index (χ0v) is 18.0. The lowest BCUT2D eigenvalue weighted by Crippen LogP contribution is -2.54. The largest absolute Gasteiger partial charge is 0.380 e. The van der Waals surface area contributed by atoms with Crippen molar-refractivity contribution in [2.75, 3.05) is 0 Å². The normalized spacial score (nSPS) is 18.7. The van der Waals surface area contributed by atoms with Crippen LogP contribution in [0.15, 0.2) is 121 Å². The molecule has 4 aromatic carbocycles. The predicted octanol–water partition coefficient (Wildman–Crippen LogP) is 5.88. The van der Waals surface area contributed by atoms with Crippen molar-refractivity contribution in [3.05, 3.63) is 144 Å². The van der Waals surface area contributed by atoms with Gasteiger partial charge in [-0.3, -0.25) is 0 Å². The van der Waals surface area contributed by atoms with Crippen molar-refractivity contribution in [1.82, 2.24) is 0 Å². The quantitative estimate of drug-likeness (QED) is 0.409. The lowest BCUT2D eigenvalue weighted by molar-refractivity contribution is -0.132. The Kier molecular flexibility index (Phi) is 5.42. The van der Waals surface area contributed by atoms with E-state index in [-0.39, 0.29) is 11.8 Å². The Morgan fingerprint density at radius 1 is 0.406 bits per heavy atom. The van der Waals surface area contributed by atoms with E-state index in [1.807, 2.05) is 121 Å². The van der Waals surface area contributed by atoms with E-state index in [9.17, 15) is 10.2 Å². The molecule has 0 amide bonds. The van der Waals surface area contributed by atoms with Gasteiger partial charge in [0.25, 0.3) is 0 Å². The van der Waals surface area contributed by atoms with Crippen LogP contribution in [0, 0.1) is 11.8 Å². The van der Waals surface area contributed by atoms with Crippen LogP contribution in [0.1, 0.15) is 35.1 Å². The Balaban J connectivity index is 1.67. The second-order valence-electron chi connectivity index (χ2n) is 8.79. The van der Waals surface area contributed by atoms with Crippen LogP contribution in [-0.2, 0) is 11.2 Å². The van der Waals surface area contributed by atoms with E-state index in [1.54, 1.807) is 0 Å². The minimum atomic E-state index is -1.19. The predicted molar refractivity (Wildman–Crippen MR) is 128 cm³/mol. The van der Waals surface area contributed by atoms with Gasteiger partial charge in [0.2, 0.25) is 0 Å². The fourth-order valence-corrected chi connectivity index (χ4v) is 5.46. The van der Waals surface area contributed by atoms with Crippen LogP contribution < -0.4 is 0 Å². The zero-order chi connectivity index (χ0) is 22.0. The molecular formula is C30H28O2. The fraction of sp³-hybridized carbons (Fsp3) is 0.200. The first-order valence-electron chi connectivity index (χ1n) is 11.3. The molecule has 1 aliphatic carbocycles. The summed E-state index contributed by atoms with van der Waals surface area (Å²) in [4.78, 5) is 0. The molecule has 0 aromatic heterocycles. The van der Waals surface area contributed by atoms with Crippen LogP contribution >= 0.6 is 0 Å². The lowest BCUT2D eigenvalue weighted by atomic mass is 9.53. The summed E-state index contributed by atoms with van der Waals surface area (Å²) in [5.74, 6) is -0.282. The molecule has 1 fully saturated rings. The van der Waals surface area contributed by atoms with Crippen LogP contribution in [0.4, 0.5) is 0 Å². The van der Waals surface area contributed by atoms with Crippen molar-refractivity contribution in [2.24, 2.45) is 11.8 Å². The molecular weight excluding hydrogens is 392 g/mol. The molecule has 2 N–H and O–H groups in total. The highest BCUT2D eigenvalue weighted by atomic mass is 16.3. The Bertz CT molecular complexity index is 967. The van der Waals surface area contributed by atoms with Crippen molar-refractivity contribution < 1.29 is 10.2 Å². The van der Waals surface area contributed by atoms with Gasteiger partial charge in [-0.05, 0) is 35.1 Å². The van der Waals surface area contributed by atoms with Gasteiger partial charge in [-0.15, -0.1) is 0 Å². The Labute approximate surface area is 189 Å². The first-order chi connectivity index (χ1) is 15.6. The van der Waals surface area contributed by atoms with Crippen LogP contribution in [-0.4, -0.2) is 10.2 Å². The molecule has 1 saturated carbocycles. The number of benzene rings is 4. The molecule has 0 spiro atoms. The summed E-state index contributed by atoms with van der Waals surface area (Å²) in [7, 11) is 0. The van der Waals surface area contributed by atoms with E-state index >= 15 is 0 Å². The summed E-state index contributed by atoms with van der Waals surface area (Å²) in [5.41, 5.74) is 1.08. The van der Waals surface area contributed by atoms with Gasteiger partial charge in [-0.2, -0.15) is 0 Å². The molecule has 0 saturated heterocycles. The average Bonchev–Trinajstić information content (AvgIpc) is 2.85. The minimum Gasteiger partial charge on any atom is -0.380 e. The van der Waals surface area contributed by atoms with Gasteiger partial charge in [-0.25, -0.2) is 0 Å². The molecule has 0 heterocycles. The van der Waals surface area contributed by atoms with E-state index in [1.165, 1.54) is 0 Å². The second kappa shape index (κ2) is 8.38. The van der Waals surface area contributed by atoms with Crippen molar-refractivity contribution in [3.63, 3.8) is 0 Å². The molecule has 2 heteroatoms. The highest BCUT2D eigenvalue weighted by molar-refractivity contribution is 5.42. The monoisotopic (exact) mass is 420 g/mol. The van der Waals surface area contributed by atoms with Crippen LogP contribution in [0.25, 0.3) is 0 Å². The third-order valence-electron chi connectivity index (χ3n) is 7.20. The number of hydrogen-bond donors (Lipinski definition) is 2. The standard InChI is InChI=1S/C30H28O2/c31-29(23-13-5-1-6-14-23,24-15-7-2-8-16-24)27-21-22-28(27)30(32,25-17-9-3-10-18-25)26-19-11-4-12-20-26/h1-20,27-28,31-32H,21-22H2/t27-,28-/m0/s1. The molecule has 32 heavy (non-hydrogen) atoms. The lowest BCUT2D eigenvalue weighted by Gasteiger charge is -2.54. The summed E-state index contributed by atoms with van der Waals surface area (Å²) < 4.78 is 0. The molecule has 2 nitrogen and oxygen atoms in total. The van der Waals surface area contributed by atoms with Gasteiger partial charge in [0.05, 0.1) is 0 Å². The molecule has 160 valence electrons. The van der Waals surface area contributed by atoms with Gasteiger partial charge in [0, 0.05) is 11.8 Å². The van der Waals surface area contributed by atoms with E-state index in [2.05, 4.69) is 0 Å². The van der Waals surface area contributed by atoms with Gasteiger partial charge >= 0.3 is 0 Å². The van der Waals surface area contributed by atoms with Crippen LogP contribution in [0.5, 0.6) is 0 Å². The third kappa shape index (κ3) is 3.28. The van der Waals surface area contributed by atoms with Crippen molar-refractivity contribution in [3.8, 4) is 0 Å².